The monoisotopic (exact) mass is 477 g/mol. The number of fused-ring (bicyclic) bond motifs is 1. The predicted molar refractivity (Wildman–Crippen MR) is 133 cm³/mol. The minimum atomic E-state index is -0.334. The molecule has 35 heavy (non-hydrogen) atoms. The zero-order chi connectivity index (χ0) is 24.8. The molecule has 0 saturated carbocycles. The third kappa shape index (κ3) is 4.91. The van der Waals surface area contributed by atoms with Crippen molar-refractivity contribution in [2.75, 3.05) is 41.8 Å². The molecule has 7 heteroatoms. The molecule has 184 valence electrons. The van der Waals surface area contributed by atoms with Gasteiger partial charge in [-0.15, -0.1) is 0 Å². The fourth-order valence-electron chi connectivity index (χ4n) is 4.60. The molecule has 0 N–H and O–H groups in total. The van der Waals surface area contributed by atoms with Gasteiger partial charge in [0.2, 0.25) is 5.75 Å². The smallest absolute Gasteiger partial charge is 0.255 e. The van der Waals surface area contributed by atoms with Crippen molar-refractivity contribution in [1.82, 2.24) is 4.90 Å². The van der Waals surface area contributed by atoms with Gasteiger partial charge in [0.1, 0.15) is 5.75 Å². The summed E-state index contributed by atoms with van der Waals surface area (Å²) in [7, 11) is 6.28. The number of benzene rings is 3. The van der Waals surface area contributed by atoms with Crippen LogP contribution in [0.4, 0.5) is 0 Å². The van der Waals surface area contributed by atoms with E-state index in [4.69, 9.17) is 23.7 Å². The van der Waals surface area contributed by atoms with E-state index >= 15 is 0 Å². The molecule has 0 aromatic heterocycles. The standard InChI is InChI=1S/C28H31NO6/c1-31-18-35-21-14-12-20(13-15-21)25-24-22(17-23(32-2)26(33-3)27(24)34-4)28(30)29(25)16-8-11-19-9-6-5-7-10-19/h5-7,9-10,12-15,17,25H,8,11,16,18H2,1-4H3. The lowest BCUT2D eigenvalue weighted by atomic mass is 9.95. The van der Waals surface area contributed by atoms with Gasteiger partial charge in [0.05, 0.1) is 32.9 Å². The Bertz CT molecular complexity index is 1150. The summed E-state index contributed by atoms with van der Waals surface area (Å²) in [4.78, 5) is 15.6. The van der Waals surface area contributed by atoms with E-state index < -0.39 is 0 Å². The van der Waals surface area contributed by atoms with Gasteiger partial charge in [0.25, 0.3) is 5.91 Å². The summed E-state index contributed by atoms with van der Waals surface area (Å²) in [5, 5.41) is 0. The zero-order valence-electron chi connectivity index (χ0n) is 20.6. The number of nitrogens with zero attached hydrogens (tertiary/aromatic N) is 1. The Hall–Kier alpha value is -3.71. The SMILES string of the molecule is COCOc1ccc(C2c3c(cc(OC)c(OC)c3OC)C(=O)N2CCCc2ccccc2)cc1. The summed E-state index contributed by atoms with van der Waals surface area (Å²) in [6, 6.07) is 19.4. The third-order valence-corrected chi connectivity index (χ3v) is 6.19. The highest BCUT2D eigenvalue weighted by atomic mass is 16.7. The summed E-state index contributed by atoms with van der Waals surface area (Å²) in [6.45, 7) is 0.753. The number of carbonyl (C=O) groups is 1. The molecule has 1 atom stereocenters. The number of amides is 1. The first-order chi connectivity index (χ1) is 17.1. The quantitative estimate of drug-likeness (QED) is 0.367. The highest BCUT2D eigenvalue weighted by Crippen LogP contribution is 2.51. The molecule has 0 fully saturated rings. The highest BCUT2D eigenvalue weighted by Gasteiger charge is 2.42. The molecule has 3 aromatic rings. The summed E-state index contributed by atoms with van der Waals surface area (Å²) >= 11 is 0. The number of aryl methyl sites for hydroxylation is 1. The minimum Gasteiger partial charge on any atom is -0.493 e. The maximum atomic E-state index is 13.7. The van der Waals surface area contributed by atoms with E-state index in [1.54, 1.807) is 34.5 Å². The molecule has 3 aromatic carbocycles. The number of hydrogen-bond acceptors (Lipinski definition) is 6. The average Bonchev–Trinajstić information content (AvgIpc) is 3.18. The normalized spacial score (nSPS) is 14.6. The van der Waals surface area contributed by atoms with Gasteiger partial charge in [-0.05, 0) is 42.2 Å². The van der Waals surface area contributed by atoms with E-state index in [1.165, 1.54) is 5.56 Å². The first-order valence-electron chi connectivity index (χ1n) is 11.5. The lowest BCUT2D eigenvalue weighted by Gasteiger charge is -2.27. The zero-order valence-corrected chi connectivity index (χ0v) is 20.6. The van der Waals surface area contributed by atoms with Crippen molar-refractivity contribution in [2.24, 2.45) is 0 Å². The Balaban J connectivity index is 1.73. The molecule has 0 radical (unpaired) electrons. The van der Waals surface area contributed by atoms with Crippen LogP contribution in [0, 0.1) is 0 Å². The van der Waals surface area contributed by atoms with Crippen molar-refractivity contribution < 1.29 is 28.5 Å². The van der Waals surface area contributed by atoms with Gasteiger partial charge in [0.15, 0.2) is 18.3 Å². The number of ether oxygens (including phenoxy) is 5. The van der Waals surface area contributed by atoms with Crippen molar-refractivity contribution in [3.05, 3.63) is 82.9 Å². The Kier molecular flexibility index (Phi) is 7.77. The van der Waals surface area contributed by atoms with Crippen LogP contribution in [-0.4, -0.2) is 52.6 Å². The van der Waals surface area contributed by atoms with E-state index in [0.29, 0.717) is 35.1 Å². The van der Waals surface area contributed by atoms with Crippen LogP contribution < -0.4 is 18.9 Å². The molecule has 7 nitrogen and oxygen atoms in total. The molecule has 1 aliphatic rings. The Morgan fingerprint density at radius 3 is 2.20 bits per heavy atom. The van der Waals surface area contributed by atoms with Crippen LogP contribution in [0.5, 0.6) is 23.0 Å². The molecule has 1 aliphatic heterocycles. The third-order valence-electron chi connectivity index (χ3n) is 6.19. The van der Waals surface area contributed by atoms with E-state index in [2.05, 4.69) is 12.1 Å². The van der Waals surface area contributed by atoms with E-state index in [0.717, 1.165) is 24.0 Å². The number of hydrogen-bond donors (Lipinski definition) is 0. The molecule has 0 bridgehead atoms. The maximum Gasteiger partial charge on any atom is 0.255 e. The fourth-order valence-corrected chi connectivity index (χ4v) is 4.60. The van der Waals surface area contributed by atoms with Gasteiger partial charge in [-0.1, -0.05) is 42.5 Å². The van der Waals surface area contributed by atoms with Gasteiger partial charge in [-0.25, -0.2) is 0 Å². The lowest BCUT2D eigenvalue weighted by Crippen LogP contribution is -2.30. The van der Waals surface area contributed by atoms with E-state index in [1.807, 2.05) is 47.4 Å². The number of rotatable bonds is 11. The molecule has 0 aliphatic carbocycles. The second-order valence-electron chi connectivity index (χ2n) is 8.22. The van der Waals surface area contributed by atoms with Crippen LogP contribution in [0.1, 0.15) is 39.5 Å². The topological polar surface area (TPSA) is 66.5 Å². The maximum absolute atomic E-state index is 13.7. The molecule has 1 unspecified atom stereocenters. The summed E-state index contributed by atoms with van der Waals surface area (Å²) < 4.78 is 27.5. The second kappa shape index (κ2) is 11.1. The van der Waals surface area contributed by atoms with Crippen LogP contribution >= 0.6 is 0 Å². The molecular formula is C28H31NO6. The van der Waals surface area contributed by atoms with E-state index in [9.17, 15) is 4.79 Å². The molecule has 1 amide bonds. The van der Waals surface area contributed by atoms with Crippen LogP contribution in [0.15, 0.2) is 60.7 Å². The highest BCUT2D eigenvalue weighted by molar-refractivity contribution is 6.02. The Labute approximate surface area is 206 Å². The summed E-state index contributed by atoms with van der Waals surface area (Å²) in [5.74, 6) is 2.07. The summed E-state index contributed by atoms with van der Waals surface area (Å²) in [6.07, 6.45) is 1.70. The van der Waals surface area contributed by atoms with Crippen LogP contribution in [0.2, 0.25) is 0 Å². The van der Waals surface area contributed by atoms with Crippen molar-refractivity contribution in [3.8, 4) is 23.0 Å². The number of carbonyl (C=O) groups excluding carboxylic acids is 1. The van der Waals surface area contributed by atoms with Gasteiger partial charge in [-0.2, -0.15) is 0 Å². The molecule has 0 spiro atoms. The van der Waals surface area contributed by atoms with Crippen molar-refractivity contribution in [1.29, 1.82) is 0 Å². The first kappa shape index (κ1) is 24.4. The molecule has 4 rings (SSSR count). The van der Waals surface area contributed by atoms with Gasteiger partial charge in [-0.3, -0.25) is 4.79 Å². The van der Waals surface area contributed by atoms with Crippen molar-refractivity contribution in [2.45, 2.75) is 18.9 Å². The number of methoxy groups -OCH3 is 4. The van der Waals surface area contributed by atoms with Crippen LogP contribution in [-0.2, 0) is 11.2 Å². The second-order valence-corrected chi connectivity index (χ2v) is 8.22. The predicted octanol–water partition coefficient (Wildman–Crippen LogP) is 4.87. The van der Waals surface area contributed by atoms with Gasteiger partial charge >= 0.3 is 0 Å². The minimum absolute atomic E-state index is 0.0583. The lowest BCUT2D eigenvalue weighted by molar-refractivity contribution is 0.0511. The van der Waals surface area contributed by atoms with Crippen molar-refractivity contribution in [3.63, 3.8) is 0 Å². The van der Waals surface area contributed by atoms with Gasteiger partial charge in [0, 0.05) is 19.2 Å². The molecule has 0 saturated heterocycles. The molecular weight excluding hydrogens is 446 g/mol. The first-order valence-corrected chi connectivity index (χ1v) is 11.5. The summed E-state index contributed by atoms with van der Waals surface area (Å²) in [5.41, 5.74) is 3.53. The fraction of sp³-hybridized carbons (Fsp3) is 0.321. The van der Waals surface area contributed by atoms with E-state index in [-0.39, 0.29) is 18.7 Å². The largest absolute Gasteiger partial charge is 0.493 e. The Morgan fingerprint density at radius 1 is 0.857 bits per heavy atom. The van der Waals surface area contributed by atoms with Crippen LogP contribution in [0.3, 0.4) is 0 Å². The average molecular weight is 478 g/mol. The molecule has 1 heterocycles. The van der Waals surface area contributed by atoms with Crippen LogP contribution in [0.25, 0.3) is 0 Å². The van der Waals surface area contributed by atoms with Gasteiger partial charge < -0.3 is 28.6 Å². The van der Waals surface area contributed by atoms with Crippen molar-refractivity contribution >= 4 is 5.91 Å². The Morgan fingerprint density at radius 2 is 1.57 bits per heavy atom.